The molecule has 0 spiro atoms. The fraction of sp³-hybridized carbons (Fsp3) is 0.167. The predicted octanol–water partition coefficient (Wildman–Crippen LogP) is 5.28. The van der Waals surface area contributed by atoms with Gasteiger partial charge in [-0.15, -0.1) is 11.3 Å². The maximum absolute atomic E-state index is 12.6. The number of rotatable bonds is 6. The first-order chi connectivity index (χ1) is 15.0. The molecule has 158 valence electrons. The average molecular weight is 436 g/mol. The molecule has 1 aromatic heterocycles. The summed E-state index contributed by atoms with van der Waals surface area (Å²) in [6.45, 7) is 4.20. The lowest BCUT2D eigenvalue weighted by Crippen LogP contribution is -2.12. The number of benzene rings is 2. The Morgan fingerprint density at radius 1 is 1.13 bits per heavy atom. The molecule has 2 aromatic carbocycles. The van der Waals surface area contributed by atoms with Crippen LogP contribution in [0.25, 0.3) is 17.2 Å². The second-order valence-corrected chi connectivity index (χ2v) is 7.75. The lowest BCUT2D eigenvalue weighted by molar-refractivity contribution is -0.111. The molecule has 0 bridgehead atoms. The van der Waals surface area contributed by atoms with Gasteiger partial charge in [-0.2, -0.15) is 0 Å². The van der Waals surface area contributed by atoms with E-state index in [1.807, 2.05) is 42.6 Å². The quantitative estimate of drug-likeness (QED) is 0.421. The van der Waals surface area contributed by atoms with Gasteiger partial charge in [0.2, 0.25) is 12.7 Å². The van der Waals surface area contributed by atoms with E-state index in [0.717, 1.165) is 22.3 Å². The maximum atomic E-state index is 12.6. The minimum Gasteiger partial charge on any atom is -0.462 e. The lowest BCUT2D eigenvalue weighted by atomic mass is 10.0. The molecule has 3 aromatic rings. The zero-order valence-corrected chi connectivity index (χ0v) is 18.0. The molecule has 1 N–H and O–H groups in total. The molecule has 4 rings (SSSR count). The van der Waals surface area contributed by atoms with Crippen molar-refractivity contribution < 1.29 is 23.8 Å². The summed E-state index contributed by atoms with van der Waals surface area (Å²) in [6.07, 6.45) is 3.09. The van der Waals surface area contributed by atoms with Gasteiger partial charge in [-0.1, -0.05) is 35.9 Å². The van der Waals surface area contributed by atoms with Crippen LogP contribution in [0, 0.1) is 6.92 Å². The topological polar surface area (TPSA) is 73.9 Å². The molecule has 31 heavy (non-hydrogen) atoms. The third-order valence-corrected chi connectivity index (χ3v) is 5.59. The number of fused-ring (bicyclic) bond motifs is 1. The molecule has 0 atom stereocenters. The summed E-state index contributed by atoms with van der Waals surface area (Å²) in [5.41, 5.74) is 3.91. The van der Waals surface area contributed by atoms with Crippen LogP contribution in [-0.4, -0.2) is 25.3 Å². The van der Waals surface area contributed by atoms with Crippen molar-refractivity contribution in [2.24, 2.45) is 0 Å². The number of carbonyl (C=O) groups excluding carboxylic acids is 2. The highest BCUT2D eigenvalue weighted by molar-refractivity contribution is 7.15. The molecule has 7 heteroatoms. The lowest BCUT2D eigenvalue weighted by Gasteiger charge is -2.08. The fourth-order valence-corrected chi connectivity index (χ4v) is 4.10. The van der Waals surface area contributed by atoms with Crippen LogP contribution in [0.4, 0.5) is 5.00 Å². The molecule has 6 nitrogen and oxygen atoms in total. The Bertz CT molecular complexity index is 1150. The highest BCUT2D eigenvalue weighted by atomic mass is 32.1. The number of thiophene rings is 1. The molecular formula is C24H21NO5S. The van der Waals surface area contributed by atoms with Crippen molar-refractivity contribution in [1.82, 2.24) is 0 Å². The van der Waals surface area contributed by atoms with Gasteiger partial charge in [-0.3, -0.25) is 4.79 Å². The summed E-state index contributed by atoms with van der Waals surface area (Å²) in [6, 6.07) is 13.3. The van der Waals surface area contributed by atoms with Crippen molar-refractivity contribution >= 4 is 34.3 Å². The van der Waals surface area contributed by atoms with Crippen LogP contribution in [0.2, 0.25) is 0 Å². The van der Waals surface area contributed by atoms with Crippen LogP contribution in [-0.2, 0) is 9.53 Å². The van der Waals surface area contributed by atoms with Gasteiger partial charge in [0.15, 0.2) is 11.5 Å². The number of nitrogens with one attached hydrogen (secondary N) is 1. The van der Waals surface area contributed by atoms with E-state index in [4.69, 9.17) is 14.2 Å². The van der Waals surface area contributed by atoms with E-state index in [1.165, 1.54) is 17.4 Å². The van der Waals surface area contributed by atoms with E-state index in [2.05, 4.69) is 5.32 Å². The molecule has 1 aliphatic rings. The van der Waals surface area contributed by atoms with Crippen molar-refractivity contribution in [1.29, 1.82) is 0 Å². The Hall–Kier alpha value is -3.58. The summed E-state index contributed by atoms with van der Waals surface area (Å²) >= 11 is 1.29. The number of carbonyl (C=O) groups is 2. The number of esters is 1. The standard InChI is InChI=1S/C24H21NO5S/c1-3-28-24(27)22-18(17-8-4-15(2)5-9-17)13-31-23(22)25-21(26)11-7-16-6-10-19-20(12-16)30-14-29-19/h4-13H,3,14H2,1-2H3,(H,25,26). The minimum atomic E-state index is -0.464. The van der Waals surface area contributed by atoms with Gasteiger partial charge in [0.1, 0.15) is 10.6 Å². The van der Waals surface area contributed by atoms with E-state index in [-0.39, 0.29) is 19.3 Å². The second-order valence-electron chi connectivity index (χ2n) is 6.88. The van der Waals surface area contributed by atoms with Crippen molar-refractivity contribution in [3.05, 3.63) is 70.6 Å². The van der Waals surface area contributed by atoms with Crippen molar-refractivity contribution in [2.45, 2.75) is 13.8 Å². The number of hydrogen-bond acceptors (Lipinski definition) is 6. The Morgan fingerprint density at radius 3 is 2.68 bits per heavy atom. The van der Waals surface area contributed by atoms with Gasteiger partial charge in [-0.25, -0.2) is 4.79 Å². The Kier molecular flexibility index (Phi) is 6.04. The van der Waals surface area contributed by atoms with Gasteiger partial charge in [0.25, 0.3) is 0 Å². The third kappa shape index (κ3) is 4.62. The molecule has 0 fully saturated rings. The van der Waals surface area contributed by atoms with E-state index >= 15 is 0 Å². The number of amides is 1. The van der Waals surface area contributed by atoms with Gasteiger partial charge < -0.3 is 19.5 Å². The summed E-state index contributed by atoms with van der Waals surface area (Å²) in [5.74, 6) is 0.519. The van der Waals surface area contributed by atoms with Gasteiger partial charge in [-0.05, 0) is 43.2 Å². The third-order valence-electron chi connectivity index (χ3n) is 4.69. The molecular weight excluding hydrogens is 414 g/mol. The SMILES string of the molecule is CCOC(=O)c1c(-c2ccc(C)cc2)csc1NC(=O)C=Cc1ccc2c(c1)OCO2. The highest BCUT2D eigenvalue weighted by Crippen LogP contribution is 2.36. The van der Waals surface area contributed by atoms with Crippen LogP contribution < -0.4 is 14.8 Å². The summed E-state index contributed by atoms with van der Waals surface area (Å²) in [7, 11) is 0. The average Bonchev–Trinajstić information content (AvgIpc) is 3.39. The first-order valence-electron chi connectivity index (χ1n) is 9.79. The molecule has 0 saturated carbocycles. The zero-order chi connectivity index (χ0) is 21.8. The Labute approximate surface area is 184 Å². The number of anilines is 1. The van der Waals surface area contributed by atoms with Crippen molar-refractivity contribution in [3.63, 3.8) is 0 Å². The molecule has 1 aliphatic heterocycles. The van der Waals surface area contributed by atoms with Gasteiger partial charge >= 0.3 is 5.97 Å². The van der Waals surface area contributed by atoms with Crippen molar-refractivity contribution in [3.8, 4) is 22.6 Å². The van der Waals surface area contributed by atoms with E-state index in [1.54, 1.807) is 25.1 Å². The van der Waals surface area contributed by atoms with Crippen LogP contribution in [0.5, 0.6) is 11.5 Å². The molecule has 2 heterocycles. The van der Waals surface area contributed by atoms with Crippen LogP contribution in [0.1, 0.15) is 28.4 Å². The second kappa shape index (κ2) is 9.06. The highest BCUT2D eigenvalue weighted by Gasteiger charge is 2.22. The molecule has 0 radical (unpaired) electrons. The zero-order valence-electron chi connectivity index (χ0n) is 17.1. The summed E-state index contributed by atoms with van der Waals surface area (Å²) in [4.78, 5) is 25.2. The van der Waals surface area contributed by atoms with E-state index in [0.29, 0.717) is 22.1 Å². The number of hydrogen-bond donors (Lipinski definition) is 1. The maximum Gasteiger partial charge on any atom is 0.341 e. The van der Waals surface area contributed by atoms with Gasteiger partial charge in [0, 0.05) is 17.0 Å². The predicted molar refractivity (Wildman–Crippen MR) is 121 cm³/mol. The Morgan fingerprint density at radius 2 is 1.90 bits per heavy atom. The minimum absolute atomic E-state index is 0.196. The number of aryl methyl sites for hydroxylation is 1. The largest absolute Gasteiger partial charge is 0.462 e. The molecule has 0 saturated heterocycles. The Balaban J connectivity index is 1.56. The van der Waals surface area contributed by atoms with Gasteiger partial charge in [0.05, 0.1) is 6.61 Å². The molecule has 0 unspecified atom stereocenters. The van der Waals surface area contributed by atoms with Crippen LogP contribution in [0.15, 0.2) is 53.9 Å². The fourth-order valence-electron chi connectivity index (χ4n) is 3.14. The monoisotopic (exact) mass is 435 g/mol. The number of ether oxygens (including phenoxy) is 3. The van der Waals surface area contributed by atoms with E-state index < -0.39 is 5.97 Å². The van der Waals surface area contributed by atoms with E-state index in [9.17, 15) is 9.59 Å². The van der Waals surface area contributed by atoms with Crippen LogP contribution in [0.3, 0.4) is 0 Å². The summed E-state index contributed by atoms with van der Waals surface area (Å²) < 4.78 is 15.9. The first kappa shape index (κ1) is 20.7. The first-order valence-corrected chi connectivity index (χ1v) is 10.7. The molecule has 0 aliphatic carbocycles. The smallest absolute Gasteiger partial charge is 0.341 e. The van der Waals surface area contributed by atoms with Crippen LogP contribution >= 0.6 is 11.3 Å². The molecule has 1 amide bonds. The summed E-state index contributed by atoms with van der Waals surface area (Å²) in [5, 5.41) is 5.12. The van der Waals surface area contributed by atoms with Crippen molar-refractivity contribution in [2.75, 3.05) is 18.7 Å². The normalized spacial score (nSPS) is 12.2.